The first kappa shape index (κ1) is 98.1. The van der Waals surface area contributed by atoms with E-state index in [1.165, 1.54) is 57.8 Å². The van der Waals surface area contributed by atoms with Crippen molar-refractivity contribution >= 4 is 94.2 Å². The first-order chi connectivity index (χ1) is 72.9. The predicted octanol–water partition coefficient (Wildman–Crippen LogP) is 10.8. The van der Waals surface area contributed by atoms with E-state index < -0.39 is 0 Å². The number of anilines is 15. The molecule has 39 heteroatoms. The van der Waals surface area contributed by atoms with Crippen molar-refractivity contribution in [3.05, 3.63) is 353 Å². The Bertz CT molecular complexity index is 6980. The maximum atomic E-state index is 11.2. The van der Waals surface area contributed by atoms with E-state index >= 15 is 0 Å². The van der Waals surface area contributed by atoms with Crippen LogP contribution in [0.3, 0.4) is 0 Å². The van der Waals surface area contributed by atoms with E-state index in [2.05, 4.69) is 280 Å². The number of hydrogen-bond acceptors (Lipinski definition) is 38. The fraction of sp³-hybridized carbons (Fsp3) is 0.294. The topological polar surface area (TPSA) is 429 Å². The van der Waals surface area contributed by atoms with Crippen LogP contribution in [0.1, 0.15) is 85.1 Å². The number of carbonyl (C=O) groups is 1. The molecule has 16 aromatic rings. The SMILES string of the molecule is CC(=O)NCc1cccc(Nc2ncnc(N3CCN(c4ncc(Cc5ccccc5)cn4)CC3)n2)c1.Nc1nc(N2CCN(c3ncnc(Nc4ccc5c(c4)CNCC5)n3)CC2)ncc1Cc1ccccc1.c1ccc(Cc2cnc(N3CCN(c4ncnc(Cc5ccc6c(c5)CNCCO6)n4)CC3)nc2)cc1.c1ccc(Cc2cnc(N3CCN(c4ncnc(Nc5ccc(OC6CNC6)cc5)n4)CC3)nc2)cc1. The van der Waals surface area contributed by atoms with Crippen molar-refractivity contribution in [2.45, 2.75) is 71.2 Å². The second-order valence-electron chi connectivity index (χ2n) is 36.8. The summed E-state index contributed by atoms with van der Waals surface area (Å²) in [7, 11) is 0. The van der Waals surface area contributed by atoms with Gasteiger partial charge in [0, 0.05) is 255 Å². The number of nitrogen functional groups attached to an aromatic ring is 1. The number of aromatic nitrogens is 20. The molecule has 0 radical (unpaired) electrons. The Morgan fingerprint density at radius 3 is 1.21 bits per heavy atom. The van der Waals surface area contributed by atoms with Gasteiger partial charge in [0.05, 0.1) is 0 Å². The zero-order chi connectivity index (χ0) is 100. The number of amides is 1. The minimum atomic E-state index is -0.0628. The highest BCUT2D eigenvalue weighted by atomic mass is 16.5. The van der Waals surface area contributed by atoms with Gasteiger partial charge in [-0.2, -0.15) is 24.9 Å². The molecule has 0 saturated carbocycles. The van der Waals surface area contributed by atoms with Crippen LogP contribution in [-0.2, 0) is 63.0 Å². The van der Waals surface area contributed by atoms with Gasteiger partial charge in [-0.1, -0.05) is 152 Å². The van der Waals surface area contributed by atoms with Crippen LogP contribution in [0.2, 0.25) is 0 Å². The third kappa shape index (κ3) is 27.2. The minimum absolute atomic E-state index is 0.0628. The number of fused-ring (bicyclic) bond motifs is 2. The van der Waals surface area contributed by atoms with Gasteiger partial charge in [0.1, 0.15) is 61.2 Å². The zero-order valence-corrected chi connectivity index (χ0v) is 82.6. The second kappa shape index (κ2) is 48.8. The van der Waals surface area contributed by atoms with Gasteiger partial charge < -0.3 is 91.6 Å². The third-order valence-corrected chi connectivity index (χ3v) is 26.2. The Kier molecular flexibility index (Phi) is 32.4. The van der Waals surface area contributed by atoms with E-state index in [0.717, 1.165) is 262 Å². The van der Waals surface area contributed by atoms with E-state index in [4.69, 9.17) is 20.2 Å². The lowest BCUT2D eigenvalue weighted by atomic mass is 10.0. The molecule has 7 aliphatic heterocycles. The molecule has 0 unspecified atom stereocenters. The van der Waals surface area contributed by atoms with Crippen LogP contribution in [0, 0.1) is 0 Å². The average Bonchev–Trinajstić information content (AvgIpc) is 0.853. The van der Waals surface area contributed by atoms with E-state index in [1.807, 2.05) is 140 Å². The van der Waals surface area contributed by atoms with Crippen LogP contribution < -0.4 is 91.6 Å². The highest BCUT2D eigenvalue weighted by Gasteiger charge is 2.29. The summed E-state index contributed by atoms with van der Waals surface area (Å²) in [6, 6.07) is 69.7. The lowest BCUT2D eigenvalue weighted by Crippen LogP contribution is -2.50. The molecule has 9 N–H and O–H groups in total. The number of piperazine rings is 4. The fourth-order valence-electron chi connectivity index (χ4n) is 18.0. The summed E-state index contributed by atoms with van der Waals surface area (Å²) in [5.41, 5.74) is 24.3. The Balaban J connectivity index is 0.000000120. The first-order valence-corrected chi connectivity index (χ1v) is 50.3. The summed E-state index contributed by atoms with van der Waals surface area (Å²) >= 11 is 0. The number of rotatable bonds is 28. The molecule has 0 aliphatic carbocycles. The number of nitrogens with one attached hydrogen (secondary N) is 7. The van der Waals surface area contributed by atoms with Gasteiger partial charge in [-0.3, -0.25) is 4.79 Å². The minimum Gasteiger partial charge on any atom is -0.492 e. The number of nitrogens with zero attached hydrogens (tertiary/aromatic N) is 28. The normalized spacial score (nSPS) is 15.0. The van der Waals surface area contributed by atoms with Gasteiger partial charge >= 0.3 is 0 Å². The van der Waals surface area contributed by atoms with Crippen molar-refractivity contribution in [2.24, 2.45) is 0 Å². The van der Waals surface area contributed by atoms with Crippen LogP contribution in [0.15, 0.2) is 275 Å². The molecule has 5 saturated heterocycles. The molecule has 7 aliphatic rings. The summed E-state index contributed by atoms with van der Waals surface area (Å²) in [6.45, 7) is 20.5. The molecule has 5 fully saturated rings. The van der Waals surface area contributed by atoms with Crippen molar-refractivity contribution in [3.63, 3.8) is 0 Å². The van der Waals surface area contributed by atoms with Gasteiger partial charge in [0.15, 0.2) is 0 Å². The summed E-state index contributed by atoms with van der Waals surface area (Å²) in [5, 5.41) is 22.7. The van der Waals surface area contributed by atoms with Gasteiger partial charge in [-0.05, 0) is 129 Å². The molecular weight excluding hydrogens is 1860 g/mol. The summed E-state index contributed by atoms with van der Waals surface area (Å²) in [5.74, 6) is 10.2. The number of carbonyl (C=O) groups excluding carboxylic acids is 1. The molecule has 8 aromatic heterocycles. The van der Waals surface area contributed by atoms with Crippen molar-refractivity contribution in [2.75, 3.05) is 198 Å². The smallest absolute Gasteiger partial charge is 0.231 e. The van der Waals surface area contributed by atoms with Crippen molar-refractivity contribution in [1.29, 1.82) is 0 Å². The van der Waals surface area contributed by atoms with Crippen LogP contribution in [-0.4, -0.2) is 249 Å². The van der Waals surface area contributed by atoms with Gasteiger partial charge in [0.25, 0.3) is 0 Å². The highest BCUT2D eigenvalue weighted by Crippen LogP contribution is 2.30. The quantitative estimate of drug-likeness (QED) is 0.0226. The predicted molar refractivity (Wildman–Crippen MR) is 572 cm³/mol. The monoisotopic (exact) mass is 1980 g/mol. The number of ether oxygens (including phenoxy) is 2. The molecule has 0 spiro atoms. The Labute approximate surface area is 858 Å². The maximum absolute atomic E-state index is 11.2. The molecule has 8 aromatic carbocycles. The summed E-state index contributed by atoms with van der Waals surface area (Å²) in [4.78, 5) is 119. The second-order valence-corrected chi connectivity index (χ2v) is 36.8. The molecule has 0 atom stereocenters. The third-order valence-electron chi connectivity index (χ3n) is 26.2. The van der Waals surface area contributed by atoms with Crippen LogP contribution in [0.5, 0.6) is 11.5 Å². The van der Waals surface area contributed by atoms with Crippen molar-refractivity contribution in [1.82, 2.24) is 121 Å². The number of nitrogens with two attached hydrogens (primary N) is 1. The average molecular weight is 1980 g/mol. The van der Waals surface area contributed by atoms with Crippen molar-refractivity contribution < 1.29 is 14.3 Å². The standard InChI is InChI=1S/C28H30N8O.C27H30N10.2C27H29N9O/c1-2-4-21(5-3-1)14-23-17-30-27(31-18-23)35-9-11-36(12-10-35)28-33-20-32-26(34-28)16-22-6-7-25-24(15-22)19-29-8-13-37-25;28-24-22(14-19-4-2-1-3-5-19)17-30-26(34-24)36-10-12-37(13-11-36)27-32-18-31-25(35-27)33-23-7-6-20-8-9-29-16-21(20)15-23;1-2-4-20(5-3-1)14-21-15-29-26(30-16-21)35-10-12-36(13-11-35)27-32-19-31-25(34-27)33-22-6-8-23(9-7-22)37-24-17-28-18-24;1-20(37)28-16-22-8-5-9-24(15-22)33-25-31-19-32-27(34-25)36-12-10-35(11-13-36)26-29-17-23(18-30-26)14-21-6-3-2-4-7-21/h1-7,15,17-18,20,29H,8-14,16,19H2;1-7,15,17-18,29H,8-14,16H2,(H2,28,30,34)(H,31,32,33,35);1-9,15-16,19,24,28H,10-14,17-18H2,(H,31,32,33,34);2-9,15,17-19H,10-14,16H2,1H3,(H,28,37)(H,31,32,33,34). The Morgan fingerprint density at radius 1 is 0.345 bits per heavy atom. The van der Waals surface area contributed by atoms with Crippen LogP contribution >= 0.6 is 0 Å². The van der Waals surface area contributed by atoms with E-state index in [1.54, 1.807) is 19.0 Å². The van der Waals surface area contributed by atoms with Gasteiger partial charge in [-0.15, -0.1) is 0 Å². The van der Waals surface area contributed by atoms with E-state index in [0.29, 0.717) is 67.0 Å². The highest BCUT2D eigenvalue weighted by molar-refractivity contribution is 5.73. The summed E-state index contributed by atoms with van der Waals surface area (Å²) < 4.78 is 11.7. The molecule has 1 amide bonds. The molecule has 752 valence electrons. The van der Waals surface area contributed by atoms with Crippen molar-refractivity contribution in [3.8, 4) is 11.5 Å². The van der Waals surface area contributed by atoms with E-state index in [9.17, 15) is 4.79 Å². The molecule has 23 rings (SSSR count). The molecular formula is C109H118N36O3. The molecule has 15 heterocycles. The fourth-order valence-corrected chi connectivity index (χ4v) is 18.0. The molecule has 39 nitrogen and oxygen atoms in total. The number of benzene rings is 8. The van der Waals surface area contributed by atoms with Crippen LogP contribution in [0.4, 0.5) is 88.3 Å². The number of hydrogen-bond donors (Lipinski definition) is 8. The van der Waals surface area contributed by atoms with Gasteiger partial charge in [-0.25, -0.2) is 74.8 Å². The largest absolute Gasteiger partial charge is 0.492 e. The first-order valence-electron chi connectivity index (χ1n) is 50.3. The molecule has 0 bridgehead atoms. The van der Waals surface area contributed by atoms with Crippen LogP contribution in [0.25, 0.3) is 0 Å². The summed E-state index contributed by atoms with van der Waals surface area (Å²) in [6.07, 6.45) is 24.8. The zero-order valence-electron chi connectivity index (χ0n) is 82.6. The lowest BCUT2D eigenvalue weighted by molar-refractivity contribution is -0.119. The van der Waals surface area contributed by atoms with E-state index in [-0.39, 0.29) is 12.0 Å². The Hall–Kier alpha value is -17.3. The molecule has 148 heavy (non-hydrogen) atoms. The Morgan fingerprint density at radius 2 is 0.750 bits per heavy atom. The maximum Gasteiger partial charge on any atom is 0.231 e. The lowest BCUT2D eigenvalue weighted by Gasteiger charge is -2.34. The van der Waals surface area contributed by atoms with Gasteiger partial charge in [0.2, 0.25) is 71.3 Å².